The van der Waals surface area contributed by atoms with Gasteiger partial charge < -0.3 is 10.2 Å². The van der Waals surface area contributed by atoms with Crippen molar-refractivity contribution in [2.24, 2.45) is 0 Å². The second kappa shape index (κ2) is 8.37. The predicted octanol–water partition coefficient (Wildman–Crippen LogP) is 3.54. The summed E-state index contributed by atoms with van der Waals surface area (Å²) in [5.74, 6) is -0.494. The minimum atomic E-state index is -0.285. The van der Waals surface area contributed by atoms with E-state index in [-0.39, 0.29) is 30.3 Å². The van der Waals surface area contributed by atoms with Crippen molar-refractivity contribution in [2.75, 3.05) is 25.0 Å². The zero-order chi connectivity index (χ0) is 20.4. The Kier molecular flexibility index (Phi) is 5.67. The molecular formula is C22H22BrN3O3. The highest BCUT2D eigenvalue weighted by Gasteiger charge is 2.35. The van der Waals surface area contributed by atoms with Gasteiger partial charge in [0.1, 0.15) is 0 Å². The number of rotatable bonds is 6. The van der Waals surface area contributed by atoms with Crippen LogP contribution in [0.2, 0.25) is 0 Å². The molecule has 0 saturated carbocycles. The Balaban J connectivity index is 1.26. The van der Waals surface area contributed by atoms with Gasteiger partial charge in [0.25, 0.3) is 11.8 Å². The van der Waals surface area contributed by atoms with E-state index in [0.717, 1.165) is 23.1 Å². The van der Waals surface area contributed by atoms with Crippen molar-refractivity contribution in [1.29, 1.82) is 0 Å². The number of nitrogens with one attached hydrogen (secondary N) is 1. The Morgan fingerprint density at radius 3 is 2.62 bits per heavy atom. The molecular weight excluding hydrogens is 434 g/mol. The Bertz CT molecular complexity index is 948. The van der Waals surface area contributed by atoms with Crippen LogP contribution in [0.1, 0.15) is 40.0 Å². The molecule has 0 spiro atoms. The molecule has 2 heterocycles. The highest BCUT2D eigenvalue weighted by Crippen LogP contribution is 2.26. The smallest absolute Gasteiger partial charge is 0.261 e. The molecule has 150 valence electrons. The van der Waals surface area contributed by atoms with Gasteiger partial charge in [-0.15, -0.1) is 0 Å². The summed E-state index contributed by atoms with van der Waals surface area (Å²) < 4.78 is 0.766. The van der Waals surface area contributed by atoms with Crippen LogP contribution in [0.15, 0.2) is 53.0 Å². The fraction of sp³-hybridized carbons (Fsp3) is 0.318. The van der Waals surface area contributed by atoms with Gasteiger partial charge in [0.05, 0.1) is 11.1 Å². The number of amides is 3. The van der Waals surface area contributed by atoms with Crippen molar-refractivity contribution >= 4 is 39.3 Å². The first-order chi connectivity index (χ1) is 14.0. The molecule has 2 aliphatic rings. The van der Waals surface area contributed by atoms with Crippen molar-refractivity contribution in [1.82, 2.24) is 9.80 Å². The summed E-state index contributed by atoms with van der Waals surface area (Å²) in [4.78, 5) is 40.6. The number of para-hydroxylation sites is 1. The number of carbonyl (C=O) groups excluding carboxylic acids is 3. The van der Waals surface area contributed by atoms with Crippen LogP contribution >= 0.6 is 15.9 Å². The van der Waals surface area contributed by atoms with Gasteiger partial charge in [-0.1, -0.05) is 34.1 Å². The predicted molar refractivity (Wildman–Crippen MR) is 114 cm³/mol. The van der Waals surface area contributed by atoms with E-state index in [9.17, 15) is 14.4 Å². The molecule has 1 saturated heterocycles. The maximum Gasteiger partial charge on any atom is 0.261 e. The van der Waals surface area contributed by atoms with Gasteiger partial charge >= 0.3 is 0 Å². The lowest BCUT2D eigenvalue weighted by Gasteiger charge is -2.19. The van der Waals surface area contributed by atoms with E-state index in [1.165, 1.54) is 4.90 Å². The number of halogens is 1. The molecule has 29 heavy (non-hydrogen) atoms. The van der Waals surface area contributed by atoms with Crippen LogP contribution in [0.4, 0.5) is 5.69 Å². The summed E-state index contributed by atoms with van der Waals surface area (Å²) in [6, 6.07) is 15.3. The first kappa shape index (κ1) is 19.6. The molecule has 1 atom stereocenters. The topological polar surface area (TPSA) is 69.7 Å². The highest BCUT2D eigenvalue weighted by molar-refractivity contribution is 9.10. The van der Waals surface area contributed by atoms with E-state index in [2.05, 4.69) is 21.2 Å². The molecule has 1 N–H and O–H groups in total. The van der Waals surface area contributed by atoms with E-state index in [4.69, 9.17) is 0 Å². The molecule has 2 aromatic carbocycles. The summed E-state index contributed by atoms with van der Waals surface area (Å²) in [5, 5.41) is 3.46. The molecule has 0 radical (unpaired) electrons. The lowest BCUT2D eigenvalue weighted by atomic mass is 10.1. The molecule has 1 fully saturated rings. The third-order valence-electron chi connectivity index (χ3n) is 5.39. The van der Waals surface area contributed by atoms with Gasteiger partial charge in [-0.2, -0.15) is 0 Å². The summed E-state index contributed by atoms with van der Waals surface area (Å²) in [6.07, 6.45) is 1.71. The van der Waals surface area contributed by atoms with Gasteiger partial charge in [0.2, 0.25) is 5.91 Å². The average molecular weight is 456 g/mol. The lowest BCUT2D eigenvalue weighted by Crippen LogP contribution is -2.34. The number of imide groups is 1. The Labute approximate surface area is 178 Å². The molecule has 0 bridgehead atoms. The van der Waals surface area contributed by atoms with E-state index >= 15 is 0 Å². The van der Waals surface area contributed by atoms with Gasteiger partial charge in [0.15, 0.2) is 0 Å². The number of hydrogen-bond acceptors (Lipinski definition) is 4. The summed E-state index contributed by atoms with van der Waals surface area (Å²) in [6.45, 7) is 1.66. The minimum absolute atomic E-state index is 0.0710. The quantitative estimate of drug-likeness (QED) is 0.676. The number of likely N-dealkylation sites (tertiary alicyclic amines) is 1. The molecule has 2 aromatic rings. The Morgan fingerprint density at radius 1 is 1.07 bits per heavy atom. The van der Waals surface area contributed by atoms with Crippen LogP contribution in [-0.4, -0.2) is 53.2 Å². The fourth-order valence-electron chi connectivity index (χ4n) is 3.89. The monoisotopic (exact) mass is 455 g/mol. The normalized spacial score (nSPS) is 18.3. The van der Waals surface area contributed by atoms with Gasteiger partial charge in [-0.3, -0.25) is 19.3 Å². The zero-order valence-electron chi connectivity index (χ0n) is 15.9. The number of anilines is 1. The number of benzene rings is 2. The van der Waals surface area contributed by atoms with Crippen molar-refractivity contribution in [3.63, 3.8) is 0 Å². The van der Waals surface area contributed by atoms with Crippen molar-refractivity contribution in [3.05, 3.63) is 64.1 Å². The Morgan fingerprint density at radius 2 is 1.83 bits per heavy atom. The zero-order valence-corrected chi connectivity index (χ0v) is 17.5. The first-order valence-electron chi connectivity index (χ1n) is 9.78. The molecule has 1 unspecified atom stereocenters. The molecule has 6 nitrogen and oxygen atoms in total. The van der Waals surface area contributed by atoms with Crippen LogP contribution in [0.3, 0.4) is 0 Å². The standard InChI is InChI=1S/C22H22BrN3O3/c23-15-8-9-18-19(13-15)22(29)26(21(18)28)11-4-7-20(27)25-12-10-17(14-25)24-16-5-2-1-3-6-16/h1-3,5-6,8-9,13,17,24H,4,7,10-12,14H2. The number of nitrogens with zero attached hydrogens (tertiary/aromatic N) is 2. The maximum atomic E-state index is 12.5. The van der Waals surface area contributed by atoms with E-state index in [0.29, 0.717) is 30.5 Å². The fourth-order valence-corrected chi connectivity index (χ4v) is 4.25. The first-order valence-corrected chi connectivity index (χ1v) is 10.6. The minimum Gasteiger partial charge on any atom is -0.380 e. The second-order valence-electron chi connectivity index (χ2n) is 7.39. The summed E-state index contributed by atoms with van der Waals surface area (Å²) in [7, 11) is 0. The lowest BCUT2D eigenvalue weighted by molar-refractivity contribution is -0.130. The van der Waals surface area contributed by atoms with Crippen LogP contribution in [0.25, 0.3) is 0 Å². The van der Waals surface area contributed by atoms with Gasteiger partial charge in [-0.25, -0.2) is 0 Å². The molecule has 4 rings (SSSR count). The number of carbonyl (C=O) groups is 3. The average Bonchev–Trinajstić information content (AvgIpc) is 3.27. The van der Waals surface area contributed by atoms with Crippen LogP contribution in [0, 0.1) is 0 Å². The maximum absolute atomic E-state index is 12.5. The number of fused-ring (bicyclic) bond motifs is 1. The molecule has 0 aromatic heterocycles. The SMILES string of the molecule is O=C(CCCN1C(=O)c2ccc(Br)cc2C1=O)N1CCC(Nc2ccccc2)C1. The molecule has 2 aliphatic heterocycles. The van der Waals surface area contributed by atoms with E-state index in [1.807, 2.05) is 35.2 Å². The highest BCUT2D eigenvalue weighted by atomic mass is 79.9. The number of hydrogen-bond donors (Lipinski definition) is 1. The molecule has 0 aliphatic carbocycles. The third kappa shape index (κ3) is 4.19. The van der Waals surface area contributed by atoms with Crippen molar-refractivity contribution < 1.29 is 14.4 Å². The molecule has 7 heteroatoms. The third-order valence-corrected chi connectivity index (χ3v) is 5.88. The van der Waals surface area contributed by atoms with E-state index in [1.54, 1.807) is 18.2 Å². The van der Waals surface area contributed by atoms with Crippen LogP contribution in [-0.2, 0) is 4.79 Å². The van der Waals surface area contributed by atoms with Crippen molar-refractivity contribution in [2.45, 2.75) is 25.3 Å². The summed E-state index contributed by atoms with van der Waals surface area (Å²) >= 11 is 3.33. The van der Waals surface area contributed by atoms with Crippen LogP contribution < -0.4 is 5.32 Å². The van der Waals surface area contributed by atoms with E-state index < -0.39 is 0 Å². The largest absolute Gasteiger partial charge is 0.380 e. The van der Waals surface area contributed by atoms with Crippen molar-refractivity contribution in [3.8, 4) is 0 Å². The van der Waals surface area contributed by atoms with Gasteiger partial charge in [0, 0.05) is 42.3 Å². The Hall–Kier alpha value is -2.67. The van der Waals surface area contributed by atoms with Gasteiger partial charge in [-0.05, 0) is 43.2 Å². The second-order valence-corrected chi connectivity index (χ2v) is 8.31. The summed E-state index contributed by atoms with van der Waals surface area (Å²) in [5.41, 5.74) is 1.91. The van der Waals surface area contributed by atoms with Crippen LogP contribution in [0.5, 0.6) is 0 Å². The molecule has 3 amide bonds.